The summed E-state index contributed by atoms with van der Waals surface area (Å²) in [5.41, 5.74) is 7.38. The van der Waals surface area contributed by atoms with Gasteiger partial charge in [0.05, 0.1) is 27.0 Å². The van der Waals surface area contributed by atoms with Crippen LogP contribution in [0.1, 0.15) is 10.6 Å². The van der Waals surface area contributed by atoms with E-state index in [1.807, 2.05) is 25.1 Å². The van der Waals surface area contributed by atoms with Gasteiger partial charge in [0.1, 0.15) is 17.9 Å². The number of carbonyl (C=O) groups is 1. The van der Waals surface area contributed by atoms with Crippen molar-refractivity contribution >= 4 is 56.3 Å². The van der Waals surface area contributed by atoms with Gasteiger partial charge >= 0.3 is 0 Å². The highest BCUT2D eigenvalue weighted by atomic mass is 35.5. The zero-order chi connectivity index (χ0) is 18.8. The molecular weight excluding hydrogens is 393 g/mol. The second kappa shape index (κ2) is 7.80. The second-order valence-corrected chi connectivity index (χ2v) is 7.66. The summed E-state index contributed by atoms with van der Waals surface area (Å²) in [6.07, 6.45) is 0. The van der Waals surface area contributed by atoms with Crippen LogP contribution in [0.5, 0.6) is 5.75 Å². The van der Waals surface area contributed by atoms with Gasteiger partial charge in [-0.25, -0.2) is 4.98 Å². The highest BCUT2D eigenvalue weighted by Crippen LogP contribution is 2.36. The van der Waals surface area contributed by atoms with E-state index in [0.717, 1.165) is 15.2 Å². The Morgan fingerprint density at radius 1 is 1.31 bits per heavy atom. The minimum Gasteiger partial charge on any atom is -0.486 e. The molecule has 0 atom stereocenters. The summed E-state index contributed by atoms with van der Waals surface area (Å²) in [6, 6.07) is 9.16. The molecule has 0 saturated carbocycles. The first-order valence-corrected chi connectivity index (χ1v) is 9.42. The molecule has 1 amide bonds. The average Bonchev–Trinajstić information content (AvgIpc) is 3.01. The van der Waals surface area contributed by atoms with Crippen molar-refractivity contribution in [2.45, 2.75) is 13.5 Å². The fraction of sp³-hybridized carbons (Fsp3) is 0.222. The number of carbonyl (C=O) groups excluding carboxylic acids is 1. The first-order chi connectivity index (χ1) is 12.4. The van der Waals surface area contributed by atoms with E-state index in [0.29, 0.717) is 27.0 Å². The lowest BCUT2D eigenvalue weighted by Gasteiger charge is -2.20. The fourth-order valence-electron chi connectivity index (χ4n) is 2.55. The minimum atomic E-state index is -0.246. The molecule has 0 aliphatic heterocycles. The van der Waals surface area contributed by atoms with Crippen molar-refractivity contribution in [3.05, 3.63) is 50.9 Å². The molecule has 26 heavy (non-hydrogen) atoms. The number of nitrogens with zero attached hydrogens (tertiary/aromatic N) is 2. The van der Waals surface area contributed by atoms with Gasteiger partial charge in [0.15, 0.2) is 0 Å². The number of aryl methyl sites for hydroxylation is 1. The molecule has 0 radical (unpaired) electrons. The number of halogens is 2. The number of rotatable bonds is 5. The highest BCUT2D eigenvalue weighted by molar-refractivity contribution is 7.18. The lowest BCUT2D eigenvalue weighted by molar-refractivity contribution is -0.117. The van der Waals surface area contributed by atoms with Gasteiger partial charge in [0.25, 0.3) is 0 Å². The molecular formula is C18H17Cl2N3O2S. The van der Waals surface area contributed by atoms with Crippen molar-refractivity contribution in [3.63, 3.8) is 0 Å². The van der Waals surface area contributed by atoms with Crippen molar-refractivity contribution in [1.29, 1.82) is 0 Å². The standard InChI is InChI=1S/C18H17Cl2N3O2S/c1-10-22-18-14(4-3-5-15(18)26-10)25-9-11-12(19)6-7-13(17(11)20)23(2)16(24)8-21/h3-7H,8-9,21H2,1-2H3. The molecule has 0 unspecified atom stereocenters. The van der Waals surface area contributed by atoms with Crippen LogP contribution in [0.2, 0.25) is 10.0 Å². The lowest BCUT2D eigenvalue weighted by atomic mass is 10.2. The molecule has 0 saturated heterocycles. The van der Waals surface area contributed by atoms with Crippen LogP contribution in [0.15, 0.2) is 30.3 Å². The Bertz CT molecular complexity index is 974. The molecule has 0 aliphatic rings. The number of nitrogens with two attached hydrogens (primary N) is 1. The zero-order valence-corrected chi connectivity index (χ0v) is 16.6. The normalized spacial score (nSPS) is 11.0. The van der Waals surface area contributed by atoms with Crippen molar-refractivity contribution in [3.8, 4) is 5.75 Å². The van der Waals surface area contributed by atoms with Crippen LogP contribution < -0.4 is 15.4 Å². The number of fused-ring (bicyclic) bond motifs is 1. The molecule has 3 rings (SSSR count). The Hall–Kier alpha value is -1.86. The number of amides is 1. The molecule has 8 heteroatoms. The van der Waals surface area contributed by atoms with E-state index in [4.69, 9.17) is 33.7 Å². The van der Waals surface area contributed by atoms with Crippen molar-refractivity contribution in [2.75, 3.05) is 18.5 Å². The molecule has 136 valence electrons. The molecule has 2 aromatic carbocycles. The van der Waals surface area contributed by atoms with E-state index in [1.54, 1.807) is 30.5 Å². The van der Waals surface area contributed by atoms with Gasteiger partial charge in [-0.1, -0.05) is 29.3 Å². The Morgan fingerprint density at radius 2 is 2.08 bits per heavy atom. The molecule has 1 heterocycles. The summed E-state index contributed by atoms with van der Waals surface area (Å²) in [6.45, 7) is 2.01. The third-order valence-electron chi connectivity index (χ3n) is 3.94. The Kier molecular flexibility index (Phi) is 5.67. The SMILES string of the molecule is Cc1nc2c(OCc3c(Cl)ccc(N(C)C(=O)CN)c3Cl)cccc2s1. The van der Waals surface area contributed by atoms with E-state index in [-0.39, 0.29) is 19.1 Å². The van der Waals surface area contributed by atoms with Gasteiger partial charge < -0.3 is 15.4 Å². The number of thiazole rings is 1. The number of ether oxygens (including phenoxy) is 1. The van der Waals surface area contributed by atoms with Crippen LogP contribution in [0.4, 0.5) is 5.69 Å². The Labute approximate surface area is 165 Å². The van der Waals surface area contributed by atoms with Gasteiger partial charge in [0, 0.05) is 17.6 Å². The summed E-state index contributed by atoms with van der Waals surface area (Å²) >= 11 is 14.4. The molecule has 0 fully saturated rings. The summed E-state index contributed by atoms with van der Waals surface area (Å²) < 4.78 is 7.00. The van der Waals surface area contributed by atoms with Crippen molar-refractivity contribution in [1.82, 2.24) is 4.98 Å². The number of hydrogen-bond acceptors (Lipinski definition) is 5. The maximum atomic E-state index is 11.9. The summed E-state index contributed by atoms with van der Waals surface area (Å²) in [5.74, 6) is 0.416. The molecule has 1 aromatic heterocycles. The highest BCUT2D eigenvalue weighted by Gasteiger charge is 2.18. The summed E-state index contributed by atoms with van der Waals surface area (Å²) in [7, 11) is 1.62. The van der Waals surface area contributed by atoms with Crippen molar-refractivity contribution < 1.29 is 9.53 Å². The van der Waals surface area contributed by atoms with Crippen LogP contribution in [-0.4, -0.2) is 24.5 Å². The van der Waals surface area contributed by atoms with E-state index >= 15 is 0 Å². The van der Waals surface area contributed by atoms with Crippen LogP contribution in [0.25, 0.3) is 10.2 Å². The second-order valence-electron chi connectivity index (χ2n) is 5.64. The molecule has 2 N–H and O–H groups in total. The van der Waals surface area contributed by atoms with E-state index in [1.165, 1.54) is 4.90 Å². The fourth-order valence-corrected chi connectivity index (χ4v) is 4.00. The van der Waals surface area contributed by atoms with Crippen molar-refractivity contribution in [2.24, 2.45) is 5.73 Å². The first-order valence-electron chi connectivity index (χ1n) is 7.84. The summed E-state index contributed by atoms with van der Waals surface area (Å²) in [5, 5.41) is 1.80. The first kappa shape index (κ1) is 18.9. The number of anilines is 1. The topological polar surface area (TPSA) is 68.5 Å². The minimum absolute atomic E-state index is 0.105. The number of para-hydroxylation sites is 1. The van der Waals surface area contributed by atoms with E-state index in [9.17, 15) is 4.79 Å². The molecule has 5 nitrogen and oxygen atoms in total. The lowest BCUT2D eigenvalue weighted by Crippen LogP contribution is -2.32. The number of benzene rings is 2. The van der Waals surface area contributed by atoms with Gasteiger partial charge in [-0.2, -0.15) is 0 Å². The average molecular weight is 410 g/mol. The van der Waals surface area contributed by atoms with Gasteiger partial charge in [-0.3, -0.25) is 4.79 Å². The number of hydrogen-bond donors (Lipinski definition) is 1. The molecule has 0 spiro atoms. The zero-order valence-electron chi connectivity index (χ0n) is 14.3. The Balaban J connectivity index is 1.91. The monoisotopic (exact) mass is 409 g/mol. The van der Waals surface area contributed by atoms with Crippen LogP contribution in [0, 0.1) is 6.92 Å². The van der Waals surface area contributed by atoms with Gasteiger partial charge in [0.2, 0.25) is 5.91 Å². The van der Waals surface area contributed by atoms with Crippen LogP contribution >= 0.6 is 34.5 Å². The quantitative estimate of drug-likeness (QED) is 0.677. The third kappa shape index (κ3) is 3.64. The van der Waals surface area contributed by atoms with E-state index in [2.05, 4.69) is 4.98 Å². The number of aromatic nitrogens is 1. The molecule has 0 aliphatic carbocycles. The molecule has 3 aromatic rings. The van der Waals surface area contributed by atoms with Gasteiger partial charge in [-0.15, -0.1) is 11.3 Å². The Morgan fingerprint density at radius 3 is 2.81 bits per heavy atom. The van der Waals surface area contributed by atoms with Crippen LogP contribution in [-0.2, 0) is 11.4 Å². The number of likely N-dealkylation sites (N-methyl/N-ethyl adjacent to an activating group) is 1. The predicted octanol–water partition coefficient (Wildman–Crippen LogP) is 4.41. The smallest absolute Gasteiger partial charge is 0.240 e. The summed E-state index contributed by atoms with van der Waals surface area (Å²) in [4.78, 5) is 17.8. The van der Waals surface area contributed by atoms with Crippen LogP contribution in [0.3, 0.4) is 0 Å². The van der Waals surface area contributed by atoms with E-state index < -0.39 is 0 Å². The largest absolute Gasteiger partial charge is 0.486 e. The van der Waals surface area contributed by atoms with Gasteiger partial charge in [-0.05, 0) is 31.2 Å². The maximum absolute atomic E-state index is 11.9. The maximum Gasteiger partial charge on any atom is 0.240 e. The predicted molar refractivity (Wildman–Crippen MR) is 108 cm³/mol. The molecule has 0 bridgehead atoms. The third-order valence-corrected chi connectivity index (χ3v) is 5.65.